The zero-order valence-corrected chi connectivity index (χ0v) is 10.8. The third-order valence-electron chi connectivity index (χ3n) is 2.77. The van der Waals surface area contributed by atoms with Gasteiger partial charge in [0, 0.05) is 37.6 Å². The Morgan fingerprint density at radius 2 is 1.63 bits per heavy atom. The smallest absolute Gasteiger partial charge is 0.204 e. The van der Waals surface area contributed by atoms with Gasteiger partial charge in [0.2, 0.25) is 11.6 Å². The van der Waals surface area contributed by atoms with Gasteiger partial charge in [-0.05, 0) is 24.3 Å². The number of nitrogens with zero attached hydrogens (tertiary/aromatic N) is 1. The van der Waals surface area contributed by atoms with E-state index in [1.165, 1.54) is 6.08 Å². The lowest BCUT2D eigenvalue weighted by atomic mass is 10.1. The molecule has 0 aliphatic heterocycles. The van der Waals surface area contributed by atoms with Crippen LogP contribution >= 0.6 is 0 Å². The molecule has 3 N–H and O–H groups in total. The molecule has 0 amide bonds. The number of rotatable bonds is 3. The summed E-state index contributed by atoms with van der Waals surface area (Å²) in [5.41, 5.74) is 7.39. The molecule has 1 aliphatic rings. The monoisotopic (exact) mass is 257 g/mol. The number of anilines is 2. The third kappa shape index (κ3) is 2.82. The summed E-state index contributed by atoms with van der Waals surface area (Å²) in [5.74, 6) is -0.652. The maximum atomic E-state index is 11.7. The molecule has 1 aromatic rings. The highest BCUT2D eigenvalue weighted by Crippen LogP contribution is 2.18. The molecule has 0 aromatic heterocycles. The summed E-state index contributed by atoms with van der Waals surface area (Å²) < 4.78 is 0. The molecule has 0 heterocycles. The molecule has 0 unspecified atom stereocenters. The molecule has 0 atom stereocenters. The second kappa shape index (κ2) is 4.97. The summed E-state index contributed by atoms with van der Waals surface area (Å²) in [4.78, 5) is 25.1. The van der Waals surface area contributed by atoms with Crippen molar-refractivity contribution in [2.45, 2.75) is 0 Å². The number of allylic oxidation sites excluding steroid dienone is 2. The first kappa shape index (κ1) is 12.9. The number of ketones is 2. The molecule has 0 saturated carbocycles. The topological polar surface area (TPSA) is 75.4 Å². The lowest BCUT2D eigenvalue weighted by Crippen LogP contribution is -2.21. The van der Waals surface area contributed by atoms with Gasteiger partial charge >= 0.3 is 0 Å². The number of hydrogen-bond donors (Lipinski definition) is 2. The van der Waals surface area contributed by atoms with Gasteiger partial charge in [0.05, 0.1) is 11.4 Å². The van der Waals surface area contributed by atoms with Crippen LogP contribution in [-0.4, -0.2) is 25.7 Å². The molecular formula is C14H15N3O2. The molecule has 5 heteroatoms. The number of carbonyl (C=O) groups is 2. The fourth-order valence-corrected chi connectivity index (χ4v) is 1.67. The average molecular weight is 257 g/mol. The SMILES string of the molecule is CN(C)c1ccc(NC2=CC(=O)C(N)=CC2=O)cc1. The minimum Gasteiger partial charge on any atom is -0.395 e. The van der Waals surface area contributed by atoms with Crippen molar-refractivity contribution < 1.29 is 9.59 Å². The molecule has 0 fully saturated rings. The van der Waals surface area contributed by atoms with E-state index in [1.807, 2.05) is 43.3 Å². The molecular weight excluding hydrogens is 242 g/mol. The lowest BCUT2D eigenvalue weighted by molar-refractivity contribution is -0.115. The Hall–Kier alpha value is -2.56. The van der Waals surface area contributed by atoms with Gasteiger partial charge in [-0.25, -0.2) is 0 Å². The van der Waals surface area contributed by atoms with Crippen LogP contribution in [0.3, 0.4) is 0 Å². The summed E-state index contributed by atoms with van der Waals surface area (Å²) in [5, 5.41) is 2.92. The Morgan fingerprint density at radius 3 is 2.21 bits per heavy atom. The fourth-order valence-electron chi connectivity index (χ4n) is 1.67. The van der Waals surface area contributed by atoms with E-state index in [1.54, 1.807) is 0 Å². The van der Waals surface area contributed by atoms with E-state index >= 15 is 0 Å². The fraction of sp³-hybridized carbons (Fsp3) is 0.143. The molecule has 1 aliphatic carbocycles. The van der Waals surface area contributed by atoms with Crippen molar-refractivity contribution in [3.05, 3.63) is 47.8 Å². The maximum absolute atomic E-state index is 11.7. The Kier molecular flexibility index (Phi) is 3.37. The molecule has 0 bridgehead atoms. The minimum atomic E-state index is -0.355. The number of nitrogens with two attached hydrogens (primary N) is 1. The first-order valence-electron chi connectivity index (χ1n) is 5.79. The van der Waals surface area contributed by atoms with Crippen LogP contribution in [-0.2, 0) is 9.59 Å². The first-order valence-corrected chi connectivity index (χ1v) is 5.79. The van der Waals surface area contributed by atoms with E-state index in [9.17, 15) is 9.59 Å². The molecule has 0 radical (unpaired) electrons. The van der Waals surface area contributed by atoms with Crippen LogP contribution in [0.4, 0.5) is 11.4 Å². The van der Waals surface area contributed by atoms with Gasteiger partial charge in [0.1, 0.15) is 0 Å². The lowest BCUT2D eigenvalue weighted by Gasteiger charge is -2.15. The van der Waals surface area contributed by atoms with E-state index in [-0.39, 0.29) is 23.0 Å². The maximum Gasteiger partial charge on any atom is 0.204 e. The molecule has 0 saturated heterocycles. The zero-order chi connectivity index (χ0) is 14.0. The summed E-state index contributed by atoms with van der Waals surface area (Å²) in [6, 6.07) is 7.52. The highest BCUT2D eigenvalue weighted by Gasteiger charge is 2.18. The van der Waals surface area contributed by atoms with E-state index in [0.29, 0.717) is 0 Å². The third-order valence-corrected chi connectivity index (χ3v) is 2.77. The standard InChI is InChI=1S/C14H15N3O2/c1-17(2)10-5-3-9(4-6-10)16-12-8-13(18)11(15)7-14(12)19/h3-8,16H,15H2,1-2H3. The van der Waals surface area contributed by atoms with Gasteiger partial charge in [0.15, 0.2) is 0 Å². The summed E-state index contributed by atoms with van der Waals surface area (Å²) in [6.45, 7) is 0. The minimum absolute atomic E-state index is 0.0292. The van der Waals surface area contributed by atoms with Gasteiger partial charge in [-0.2, -0.15) is 0 Å². The second-order valence-electron chi connectivity index (χ2n) is 4.45. The van der Waals surface area contributed by atoms with Gasteiger partial charge in [-0.1, -0.05) is 0 Å². The van der Waals surface area contributed by atoms with E-state index in [4.69, 9.17) is 5.73 Å². The van der Waals surface area contributed by atoms with Crippen LogP contribution in [0.1, 0.15) is 0 Å². The molecule has 0 spiro atoms. The van der Waals surface area contributed by atoms with Gasteiger partial charge in [-0.3, -0.25) is 9.59 Å². The quantitative estimate of drug-likeness (QED) is 0.791. The van der Waals surface area contributed by atoms with Crippen molar-refractivity contribution in [1.29, 1.82) is 0 Å². The van der Waals surface area contributed by atoms with Crippen molar-refractivity contribution in [3.8, 4) is 0 Å². The largest absolute Gasteiger partial charge is 0.395 e. The normalized spacial score (nSPS) is 14.8. The second-order valence-corrected chi connectivity index (χ2v) is 4.45. The molecule has 98 valence electrons. The van der Waals surface area contributed by atoms with Crippen molar-refractivity contribution in [1.82, 2.24) is 0 Å². The highest BCUT2D eigenvalue weighted by atomic mass is 16.1. The summed E-state index contributed by atoms with van der Waals surface area (Å²) in [6.07, 6.45) is 2.36. The first-order chi connectivity index (χ1) is 8.97. The van der Waals surface area contributed by atoms with Crippen molar-refractivity contribution >= 4 is 22.9 Å². The summed E-state index contributed by atoms with van der Waals surface area (Å²) >= 11 is 0. The predicted octanol–water partition coefficient (Wildman–Crippen LogP) is 1.04. The number of carbonyl (C=O) groups excluding carboxylic acids is 2. The van der Waals surface area contributed by atoms with Crippen LogP contribution in [0.2, 0.25) is 0 Å². The zero-order valence-electron chi connectivity index (χ0n) is 10.8. The number of hydrogen-bond acceptors (Lipinski definition) is 5. The van der Waals surface area contributed by atoms with E-state index in [0.717, 1.165) is 17.5 Å². The van der Waals surface area contributed by atoms with Crippen LogP contribution < -0.4 is 16.0 Å². The van der Waals surface area contributed by atoms with Crippen LogP contribution in [0, 0.1) is 0 Å². The molecule has 1 aromatic carbocycles. The Balaban J connectivity index is 2.16. The van der Waals surface area contributed by atoms with Crippen molar-refractivity contribution in [2.24, 2.45) is 5.73 Å². The van der Waals surface area contributed by atoms with Gasteiger partial charge < -0.3 is 16.0 Å². The molecule has 19 heavy (non-hydrogen) atoms. The van der Waals surface area contributed by atoms with E-state index in [2.05, 4.69) is 5.32 Å². The number of nitrogens with one attached hydrogen (secondary N) is 1. The summed E-state index contributed by atoms with van der Waals surface area (Å²) in [7, 11) is 3.89. The van der Waals surface area contributed by atoms with Gasteiger partial charge in [-0.15, -0.1) is 0 Å². The molecule has 2 rings (SSSR count). The van der Waals surface area contributed by atoms with Crippen LogP contribution in [0.25, 0.3) is 0 Å². The Morgan fingerprint density at radius 1 is 1.00 bits per heavy atom. The van der Waals surface area contributed by atoms with Crippen LogP contribution in [0.15, 0.2) is 47.8 Å². The molecule has 5 nitrogen and oxygen atoms in total. The van der Waals surface area contributed by atoms with Gasteiger partial charge in [0.25, 0.3) is 0 Å². The van der Waals surface area contributed by atoms with Crippen LogP contribution in [0.5, 0.6) is 0 Å². The van der Waals surface area contributed by atoms with E-state index < -0.39 is 0 Å². The Labute approximate surface area is 111 Å². The Bertz CT molecular complexity index is 583. The number of benzene rings is 1. The average Bonchev–Trinajstić information content (AvgIpc) is 2.36. The van der Waals surface area contributed by atoms with Crippen molar-refractivity contribution in [3.63, 3.8) is 0 Å². The highest BCUT2D eigenvalue weighted by molar-refractivity contribution is 6.20. The van der Waals surface area contributed by atoms with Crippen molar-refractivity contribution in [2.75, 3.05) is 24.3 Å². The predicted molar refractivity (Wildman–Crippen MR) is 74.8 cm³/mol.